The van der Waals surface area contributed by atoms with Gasteiger partial charge < -0.3 is 15.5 Å². The van der Waals surface area contributed by atoms with E-state index in [1.54, 1.807) is 4.90 Å². The van der Waals surface area contributed by atoms with Gasteiger partial charge in [0.2, 0.25) is 5.91 Å². The molecular weight excluding hydrogens is 254 g/mol. The molecule has 0 aliphatic carbocycles. The van der Waals surface area contributed by atoms with Gasteiger partial charge in [0.1, 0.15) is 0 Å². The van der Waals surface area contributed by atoms with Crippen LogP contribution in [0.2, 0.25) is 0 Å². The van der Waals surface area contributed by atoms with Gasteiger partial charge in [0.15, 0.2) is 0 Å². The average molecular weight is 275 g/mol. The highest BCUT2D eigenvalue weighted by Crippen LogP contribution is 2.20. The second kappa shape index (κ2) is 5.94. The lowest BCUT2D eigenvalue weighted by Crippen LogP contribution is -2.41. The van der Waals surface area contributed by atoms with Gasteiger partial charge in [-0.05, 0) is 37.1 Å². The van der Waals surface area contributed by atoms with Crippen LogP contribution < -0.4 is 10.6 Å². The Kier molecular flexibility index (Phi) is 4.27. The van der Waals surface area contributed by atoms with E-state index in [4.69, 9.17) is 5.73 Å². The van der Waals surface area contributed by atoms with Gasteiger partial charge in [0.25, 0.3) is 5.91 Å². The first-order valence-corrected chi connectivity index (χ1v) is 6.85. The van der Waals surface area contributed by atoms with E-state index in [0.717, 1.165) is 5.69 Å². The number of amides is 2. The van der Waals surface area contributed by atoms with Gasteiger partial charge in [0.05, 0.1) is 0 Å². The van der Waals surface area contributed by atoms with Crippen LogP contribution in [0.4, 0.5) is 5.69 Å². The van der Waals surface area contributed by atoms with E-state index < -0.39 is 0 Å². The van der Waals surface area contributed by atoms with Gasteiger partial charge in [-0.15, -0.1) is 0 Å². The first-order valence-electron chi connectivity index (χ1n) is 6.85. The molecule has 108 valence electrons. The lowest BCUT2D eigenvalue weighted by molar-refractivity contribution is -0.123. The molecule has 5 nitrogen and oxygen atoms in total. The van der Waals surface area contributed by atoms with E-state index in [0.29, 0.717) is 31.5 Å². The third-order valence-corrected chi connectivity index (χ3v) is 3.82. The van der Waals surface area contributed by atoms with Crippen molar-refractivity contribution in [3.63, 3.8) is 0 Å². The van der Waals surface area contributed by atoms with Crippen molar-refractivity contribution < 1.29 is 9.59 Å². The number of anilines is 1. The molecule has 0 saturated carbocycles. The van der Waals surface area contributed by atoms with E-state index in [2.05, 4.69) is 0 Å². The van der Waals surface area contributed by atoms with Crippen molar-refractivity contribution in [2.45, 2.75) is 12.8 Å². The van der Waals surface area contributed by atoms with Crippen LogP contribution in [-0.4, -0.2) is 43.9 Å². The fraction of sp³-hybridized carbons (Fsp3) is 0.467. The Balaban J connectivity index is 2.00. The molecule has 2 amide bonds. The van der Waals surface area contributed by atoms with E-state index in [9.17, 15) is 9.59 Å². The molecule has 1 aliphatic heterocycles. The lowest BCUT2D eigenvalue weighted by atomic mass is 9.96. The number of hydrogen-bond donors (Lipinski definition) is 1. The fourth-order valence-corrected chi connectivity index (χ4v) is 2.45. The predicted molar refractivity (Wildman–Crippen MR) is 78.6 cm³/mol. The summed E-state index contributed by atoms with van der Waals surface area (Å²) in [5.74, 6) is -0.319. The van der Waals surface area contributed by atoms with Crippen molar-refractivity contribution >= 4 is 17.5 Å². The molecule has 1 saturated heterocycles. The molecule has 0 spiro atoms. The van der Waals surface area contributed by atoms with Crippen LogP contribution in [0.25, 0.3) is 0 Å². The highest BCUT2D eigenvalue weighted by molar-refractivity contribution is 5.94. The quantitative estimate of drug-likeness (QED) is 0.898. The number of piperidine rings is 1. The molecule has 1 aliphatic rings. The molecule has 0 unspecified atom stereocenters. The standard InChI is InChI=1S/C15H21N3O2/c1-17(2)13-5-3-12(4-6-13)15(20)18-9-7-11(8-10-18)14(16)19/h3-6,11H,7-10H2,1-2H3,(H2,16,19). The molecule has 0 atom stereocenters. The maximum absolute atomic E-state index is 12.4. The smallest absolute Gasteiger partial charge is 0.253 e. The van der Waals surface area contributed by atoms with Gasteiger partial charge in [-0.1, -0.05) is 0 Å². The van der Waals surface area contributed by atoms with E-state index >= 15 is 0 Å². The van der Waals surface area contributed by atoms with Crippen LogP contribution in [0.15, 0.2) is 24.3 Å². The van der Waals surface area contributed by atoms with Crippen LogP contribution in [0, 0.1) is 5.92 Å². The Hall–Kier alpha value is -2.04. The minimum atomic E-state index is -0.257. The van der Waals surface area contributed by atoms with Crippen molar-refractivity contribution in [1.29, 1.82) is 0 Å². The first kappa shape index (κ1) is 14.4. The molecule has 1 aromatic rings. The van der Waals surface area contributed by atoms with Crippen molar-refractivity contribution in [1.82, 2.24) is 4.90 Å². The topological polar surface area (TPSA) is 66.6 Å². The van der Waals surface area contributed by atoms with Gasteiger partial charge in [-0.3, -0.25) is 9.59 Å². The van der Waals surface area contributed by atoms with Crippen LogP contribution in [0.3, 0.4) is 0 Å². The Labute approximate surface area is 119 Å². The van der Waals surface area contributed by atoms with Crippen LogP contribution >= 0.6 is 0 Å². The number of benzene rings is 1. The minimum Gasteiger partial charge on any atom is -0.378 e. The molecule has 20 heavy (non-hydrogen) atoms. The van der Waals surface area contributed by atoms with Crippen molar-refractivity contribution in [3.8, 4) is 0 Å². The molecule has 5 heteroatoms. The van der Waals surface area contributed by atoms with Crippen molar-refractivity contribution in [2.75, 3.05) is 32.1 Å². The Morgan fingerprint density at radius 2 is 1.70 bits per heavy atom. The van der Waals surface area contributed by atoms with Crippen molar-refractivity contribution in [2.24, 2.45) is 11.7 Å². The highest BCUT2D eigenvalue weighted by atomic mass is 16.2. The zero-order valence-corrected chi connectivity index (χ0v) is 12.0. The molecule has 2 N–H and O–H groups in total. The zero-order valence-electron chi connectivity index (χ0n) is 12.0. The summed E-state index contributed by atoms with van der Waals surface area (Å²) < 4.78 is 0. The average Bonchev–Trinajstić information content (AvgIpc) is 2.46. The number of likely N-dealkylation sites (tertiary alicyclic amines) is 1. The van der Waals surface area contributed by atoms with Crippen LogP contribution in [0.1, 0.15) is 23.2 Å². The number of primary amides is 1. The number of rotatable bonds is 3. The Morgan fingerprint density at radius 3 is 2.15 bits per heavy atom. The third kappa shape index (κ3) is 3.10. The number of nitrogens with zero attached hydrogens (tertiary/aromatic N) is 2. The lowest BCUT2D eigenvalue weighted by Gasteiger charge is -2.30. The van der Waals surface area contributed by atoms with E-state index in [1.807, 2.05) is 43.3 Å². The monoisotopic (exact) mass is 275 g/mol. The first-order chi connectivity index (χ1) is 9.49. The molecule has 0 radical (unpaired) electrons. The third-order valence-electron chi connectivity index (χ3n) is 3.82. The fourth-order valence-electron chi connectivity index (χ4n) is 2.45. The largest absolute Gasteiger partial charge is 0.378 e. The van der Waals surface area contributed by atoms with Gasteiger partial charge in [-0.25, -0.2) is 0 Å². The molecule has 0 aromatic heterocycles. The summed E-state index contributed by atoms with van der Waals surface area (Å²) in [4.78, 5) is 27.3. The van der Waals surface area contributed by atoms with Gasteiger partial charge >= 0.3 is 0 Å². The summed E-state index contributed by atoms with van der Waals surface area (Å²) in [6.07, 6.45) is 1.33. The normalized spacial score (nSPS) is 16.0. The summed E-state index contributed by atoms with van der Waals surface area (Å²) >= 11 is 0. The number of carbonyl (C=O) groups excluding carboxylic acids is 2. The molecule has 1 heterocycles. The number of nitrogens with two attached hydrogens (primary N) is 1. The second-order valence-corrected chi connectivity index (χ2v) is 5.41. The van der Waals surface area contributed by atoms with Crippen molar-refractivity contribution in [3.05, 3.63) is 29.8 Å². The van der Waals surface area contributed by atoms with Gasteiger partial charge in [0, 0.05) is 44.4 Å². The summed E-state index contributed by atoms with van der Waals surface area (Å²) in [5.41, 5.74) is 7.05. The summed E-state index contributed by atoms with van der Waals surface area (Å²) in [6.45, 7) is 1.20. The maximum atomic E-state index is 12.4. The molecule has 0 bridgehead atoms. The molecule has 1 fully saturated rings. The SMILES string of the molecule is CN(C)c1ccc(C(=O)N2CCC(C(N)=O)CC2)cc1. The number of carbonyl (C=O) groups is 2. The maximum Gasteiger partial charge on any atom is 0.253 e. The number of hydrogen-bond acceptors (Lipinski definition) is 3. The molecule has 2 rings (SSSR count). The zero-order chi connectivity index (χ0) is 14.7. The molecular formula is C15H21N3O2. The Bertz CT molecular complexity index is 488. The second-order valence-electron chi connectivity index (χ2n) is 5.41. The van der Waals surface area contributed by atoms with Crippen LogP contribution in [0.5, 0.6) is 0 Å². The van der Waals surface area contributed by atoms with Crippen LogP contribution in [-0.2, 0) is 4.79 Å². The highest BCUT2D eigenvalue weighted by Gasteiger charge is 2.26. The summed E-state index contributed by atoms with van der Waals surface area (Å²) in [6, 6.07) is 7.56. The van der Waals surface area contributed by atoms with E-state index in [-0.39, 0.29) is 17.7 Å². The van der Waals surface area contributed by atoms with Gasteiger partial charge in [-0.2, -0.15) is 0 Å². The van der Waals surface area contributed by atoms with E-state index in [1.165, 1.54) is 0 Å². The Morgan fingerprint density at radius 1 is 1.15 bits per heavy atom. The summed E-state index contributed by atoms with van der Waals surface area (Å²) in [7, 11) is 3.93. The predicted octanol–water partition coefficient (Wildman–Crippen LogP) is 1.09. The molecule has 1 aromatic carbocycles. The minimum absolute atomic E-state index is 0.0261. The summed E-state index contributed by atoms with van der Waals surface area (Å²) in [5, 5.41) is 0.